The topological polar surface area (TPSA) is 141 Å². The van der Waals surface area contributed by atoms with Crippen LogP contribution in [-0.4, -0.2) is 53.7 Å². The first-order valence-electron chi connectivity index (χ1n) is 12.1. The fraction of sp³-hybridized carbons (Fsp3) is 0.444. The number of nitrogens with one attached hydrogen (secondary N) is 2. The van der Waals surface area contributed by atoms with Gasteiger partial charge in [-0.1, -0.05) is 44.2 Å². The molecular formula is C27H32N2O8. The third-order valence-corrected chi connectivity index (χ3v) is 6.21. The number of aryl methyl sites for hydroxylation is 2. The number of ether oxygens (including phenoxy) is 3. The van der Waals surface area contributed by atoms with Crippen molar-refractivity contribution in [3.05, 3.63) is 69.1 Å². The van der Waals surface area contributed by atoms with Crippen molar-refractivity contribution in [1.82, 2.24) is 10.3 Å². The number of hydrogen-bond donors (Lipinski definition) is 2. The monoisotopic (exact) mass is 512 g/mol. The van der Waals surface area contributed by atoms with Crippen LogP contribution in [0.1, 0.15) is 48.0 Å². The molecule has 2 N–H and O–H groups in total. The highest BCUT2D eigenvalue weighted by atomic mass is 16.6. The maximum absolute atomic E-state index is 13.2. The van der Waals surface area contributed by atoms with E-state index in [1.54, 1.807) is 27.7 Å². The molecule has 2 aromatic rings. The summed E-state index contributed by atoms with van der Waals surface area (Å²) in [5, 5.41) is 2.43. The molecule has 1 aliphatic rings. The van der Waals surface area contributed by atoms with Crippen molar-refractivity contribution in [3.8, 4) is 0 Å². The molecule has 0 aliphatic carbocycles. The molecule has 1 aromatic carbocycles. The van der Waals surface area contributed by atoms with Gasteiger partial charge in [-0.05, 0) is 44.4 Å². The lowest BCUT2D eigenvalue weighted by Crippen LogP contribution is -2.47. The largest absolute Gasteiger partial charge is 0.463 e. The molecule has 198 valence electrons. The van der Waals surface area contributed by atoms with Crippen molar-refractivity contribution in [2.24, 2.45) is 11.8 Å². The van der Waals surface area contributed by atoms with E-state index in [1.807, 2.05) is 30.3 Å². The van der Waals surface area contributed by atoms with Crippen molar-refractivity contribution in [1.29, 1.82) is 0 Å². The first-order valence-corrected chi connectivity index (χ1v) is 12.1. The van der Waals surface area contributed by atoms with Gasteiger partial charge >= 0.3 is 17.9 Å². The zero-order chi connectivity index (χ0) is 27.3. The number of cyclic esters (lactones) is 2. The molecular weight excluding hydrogens is 480 g/mol. The number of benzene rings is 1. The summed E-state index contributed by atoms with van der Waals surface area (Å²) in [5.41, 5.74) is 1.27. The number of carbonyl (C=O) groups excluding carboxylic acids is 4. The van der Waals surface area contributed by atoms with Crippen molar-refractivity contribution >= 4 is 23.8 Å². The predicted molar refractivity (Wildman–Crippen MR) is 133 cm³/mol. The van der Waals surface area contributed by atoms with Gasteiger partial charge in [-0.25, -0.2) is 4.79 Å². The zero-order valence-electron chi connectivity index (χ0n) is 21.5. The standard InChI is InChI=1S/C27H32N2O8/c1-14(2)25(32)37-22-17(5)36-27(34)21(29-24(31)20-11-15(3)16(4)28-23(20)30)13-35-26(33)19(22)12-18-9-7-6-8-10-18/h6-11,14,17,19,21-22H,12-13H2,1-5H3,(H,28,30)(H,29,31)/t17-,19+,21-,22-/m0/s1. The Morgan fingerprint density at radius 3 is 2.43 bits per heavy atom. The molecule has 3 rings (SSSR count). The van der Waals surface area contributed by atoms with E-state index in [9.17, 15) is 24.0 Å². The summed E-state index contributed by atoms with van der Waals surface area (Å²) in [6.45, 7) is 7.72. The van der Waals surface area contributed by atoms with E-state index in [1.165, 1.54) is 13.0 Å². The van der Waals surface area contributed by atoms with Crippen molar-refractivity contribution in [2.75, 3.05) is 6.61 Å². The van der Waals surface area contributed by atoms with Crippen molar-refractivity contribution in [3.63, 3.8) is 0 Å². The van der Waals surface area contributed by atoms with Gasteiger partial charge in [0, 0.05) is 5.69 Å². The third-order valence-electron chi connectivity index (χ3n) is 6.21. The first-order chi connectivity index (χ1) is 17.5. The number of esters is 3. The highest BCUT2D eigenvalue weighted by molar-refractivity contribution is 5.96. The summed E-state index contributed by atoms with van der Waals surface area (Å²) in [6, 6.07) is 9.14. The van der Waals surface area contributed by atoms with E-state index in [0.29, 0.717) is 11.3 Å². The number of hydrogen-bond acceptors (Lipinski definition) is 8. The van der Waals surface area contributed by atoms with Crippen LogP contribution >= 0.6 is 0 Å². The van der Waals surface area contributed by atoms with Gasteiger partial charge < -0.3 is 24.5 Å². The minimum Gasteiger partial charge on any atom is -0.463 e. The minimum atomic E-state index is -1.38. The zero-order valence-corrected chi connectivity index (χ0v) is 21.5. The van der Waals surface area contributed by atoms with Crippen LogP contribution in [0, 0.1) is 25.7 Å². The smallest absolute Gasteiger partial charge is 0.332 e. The second-order valence-corrected chi connectivity index (χ2v) is 9.47. The second-order valence-electron chi connectivity index (χ2n) is 9.47. The Hall–Kier alpha value is -3.95. The summed E-state index contributed by atoms with van der Waals surface area (Å²) in [7, 11) is 0. The highest BCUT2D eigenvalue weighted by Crippen LogP contribution is 2.24. The Bertz CT molecular complexity index is 1220. The molecule has 2 heterocycles. The van der Waals surface area contributed by atoms with Crippen LogP contribution in [0.3, 0.4) is 0 Å². The number of amides is 1. The average Bonchev–Trinajstić information content (AvgIpc) is 2.88. The molecule has 0 saturated carbocycles. The van der Waals surface area contributed by atoms with Gasteiger partial charge in [0.05, 0.1) is 5.92 Å². The fourth-order valence-corrected chi connectivity index (χ4v) is 3.88. The van der Waals surface area contributed by atoms with Crippen LogP contribution in [-0.2, 0) is 35.0 Å². The maximum atomic E-state index is 13.2. The molecule has 0 unspecified atom stereocenters. The highest BCUT2D eigenvalue weighted by Gasteiger charge is 2.42. The Morgan fingerprint density at radius 2 is 1.78 bits per heavy atom. The lowest BCUT2D eigenvalue weighted by atomic mass is 9.91. The van der Waals surface area contributed by atoms with Gasteiger partial charge in [0.2, 0.25) is 0 Å². The molecule has 1 fully saturated rings. The van der Waals surface area contributed by atoms with Crippen LogP contribution in [0.5, 0.6) is 0 Å². The Balaban J connectivity index is 1.88. The lowest BCUT2D eigenvalue weighted by Gasteiger charge is -2.29. The Kier molecular flexibility index (Phi) is 8.86. The third kappa shape index (κ3) is 6.84. The van der Waals surface area contributed by atoms with Gasteiger partial charge in [0.25, 0.3) is 11.5 Å². The van der Waals surface area contributed by atoms with Crippen molar-refractivity contribution in [2.45, 2.75) is 59.3 Å². The van der Waals surface area contributed by atoms with E-state index in [4.69, 9.17) is 14.2 Å². The molecule has 10 nitrogen and oxygen atoms in total. The Morgan fingerprint density at radius 1 is 1.11 bits per heavy atom. The number of aromatic nitrogens is 1. The Labute approximate surface area is 214 Å². The maximum Gasteiger partial charge on any atom is 0.332 e. The van der Waals surface area contributed by atoms with Gasteiger partial charge in [-0.2, -0.15) is 0 Å². The van der Waals surface area contributed by atoms with E-state index >= 15 is 0 Å². The predicted octanol–water partition coefficient (Wildman–Crippen LogP) is 2.01. The van der Waals surface area contributed by atoms with Crippen LogP contribution < -0.4 is 10.9 Å². The normalized spacial score (nSPS) is 22.2. The first kappa shape index (κ1) is 27.6. The molecule has 4 atom stereocenters. The summed E-state index contributed by atoms with van der Waals surface area (Å²) in [5.74, 6) is -4.43. The molecule has 1 saturated heterocycles. The molecule has 37 heavy (non-hydrogen) atoms. The van der Waals surface area contributed by atoms with E-state index < -0.39 is 66.1 Å². The molecule has 1 aromatic heterocycles. The van der Waals surface area contributed by atoms with E-state index in [2.05, 4.69) is 10.3 Å². The molecule has 0 spiro atoms. The quantitative estimate of drug-likeness (QED) is 0.442. The van der Waals surface area contributed by atoms with Crippen LogP contribution in [0.25, 0.3) is 0 Å². The summed E-state index contributed by atoms with van der Waals surface area (Å²) < 4.78 is 16.6. The van der Waals surface area contributed by atoms with Gasteiger partial charge in [0.15, 0.2) is 12.1 Å². The summed E-state index contributed by atoms with van der Waals surface area (Å²) >= 11 is 0. The number of aromatic amines is 1. The fourth-order valence-electron chi connectivity index (χ4n) is 3.88. The molecule has 1 amide bonds. The lowest BCUT2D eigenvalue weighted by molar-refractivity contribution is -0.176. The summed E-state index contributed by atoms with van der Waals surface area (Å²) in [6.07, 6.45) is -1.98. The molecule has 0 radical (unpaired) electrons. The molecule has 10 heteroatoms. The molecule has 0 bridgehead atoms. The number of pyridine rings is 1. The average molecular weight is 513 g/mol. The van der Waals surface area contributed by atoms with Gasteiger partial charge in [0.1, 0.15) is 24.2 Å². The minimum absolute atomic E-state index is 0.173. The van der Waals surface area contributed by atoms with Gasteiger partial charge in [-0.15, -0.1) is 0 Å². The van der Waals surface area contributed by atoms with E-state index in [0.717, 1.165) is 5.56 Å². The van der Waals surface area contributed by atoms with Crippen LogP contribution in [0.15, 0.2) is 41.2 Å². The van der Waals surface area contributed by atoms with E-state index in [-0.39, 0.29) is 12.0 Å². The number of carbonyl (C=O) groups is 4. The van der Waals surface area contributed by atoms with Crippen LogP contribution in [0.4, 0.5) is 0 Å². The number of H-pyrrole nitrogens is 1. The van der Waals surface area contributed by atoms with Crippen molar-refractivity contribution < 1.29 is 33.4 Å². The van der Waals surface area contributed by atoms with Crippen LogP contribution in [0.2, 0.25) is 0 Å². The SMILES string of the molecule is Cc1cc(C(=O)N[C@H]2COC(=O)[C@H](Cc3ccccc3)[C@@H](OC(=O)C(C)C)[C@H](C)OC2=O)c(=O)[nH]c1C. The summed E-state index contributed by atoms with van der Waals surface area (Å²) in [4.78, 5) is 66.4. The molecule has 1 aliphatic heterocycles. The number of rotatable bonds is 6. The van der Waals surface area contributed by atoms with Gasteiger partial charge in [-0.3, -0.25) is 19.2 Å². The second kappa shape index (κ2) is 11.9.